The monoisotopic (exact) mass is 468 g/mol. The van der Waals surface area contributed by atoms with Crippen molar-refractivity contribution in [1.82, 2.24) is 20.1 Å². The minimum absolute atomic E-state index is 0.0347. The number of fused-ring (bicyclic) bond motifs is 1. The number of aromatic nitrogens is 1. The van der Waals surface area contributed by atoms with Crippen molar-refractivity contribution in [2.45, 2.75) is 63.8 Å². The van der Waals surface area contributed by atoms with Crippen LogP contribution in [0, 0.1) is 12.7 Å². The molecule has 6 nitrogen and oxygen atoms in total. The van der Waals surface area contributed by atoms with Gasteiger partial charge in [0.2, 0.25) is 5.91 Å². The molecule has 1 aromatic heterocycles. The Morgan fingerprint density at radius 2 is 1.94 bits per heavy atom. The van der Waals surface area contributed by atoms with Gasteiger partial charge in [-0.15, -0.1) is 0 Å². The van der Waals surface area contributed by atoms with Gasteiger partial charge < -0.3 is 15.2 Å². The molecule has 10 heteroatoms. The number of nitrogens with zero attached hydrogens (tertiary/aromatic N) is 2. The van der Waals surface area contributed by atoms with E-state index in [1.807, 2.05) is 6.92 Å². The third kappa shape index (κ3) is 4.85. The molecular weight excluding hydrogens is 440 g/mol. The molecule has 0 bridgehead atoms. The van der Waals surface area contributed by atoms with Crippen LogP contribution in [0.2, 0.25) is 0 Å². The minimum atomic E-state index is -4.49. The van der Waals surface area contributed by atoms with E-state index in [0.717, 1.165) is 36.6 Å². The average molecular weight is 468 g/mol. The average Bonchev–Trinajstić information content (AvgIpc) is 3.23. The molecule has 1 aliphatic heterocycles. The van der Waals surface area contributed by atoms with Gasteiger partial charge in [-0.25, -0.2) is 4.39 Å². The summed E-state index contributed by atoms with van der Waals surface area (Å²) in [5.41, 5.74) is 1.66. The third-order valence-corrected chi connectivity index (χ3v) is 6.89. The molecule has 0 spiro atoms. The SMILES string of the molecule is CC(=O)N1CCN([C@@H]2CCC[C@@H](NC(=O)c3cc4c(F)ccc(C)c4[nH]3)C2)C[C@@H]1C(F)(F)F. The van der Waals surface area contributed by atoms with E-state index >= 15 is 0 Å². The summed E-state index contributed by atoms with van der Waals surface area (Å²) in [4.78, 5) is 30.2. The predicted molar refractivity (Wildman–Crippen MR) is 115 cm³/mol. The second-order valence-electron chi connectivity index (χ2n) is 9.09. The number of amides is 2. The Kier molecular flexibility index (Phi) is 6.39. The molecule has 3 atom stereocenters. The summed E-state index contributed by atoms with van der Waals surface area (Å²) in [5.74, 6) is -1.34. The van der Waals surface area contributed by atoms with Crippen LogP contribution in [0.25, 0.3) is 10.9 Å². The Morgan fingerprint density at radius 3 is 2.61 bits per heavy atom. The van der Waals surface area contributed by atoms with E-state index in [1.54, 1.807) is 11.0 Å². The molecule has 1 saturated heterocycles. The molecule has 2 aliphatic rings. The number of piperazine rings is 1. The number of benzene rings is 1. The highest BCUT2D eigenvalue weighted by molar-refractivity contribution is 5.99. The number of H-pyrrole nitrogens is 1. The van der Waals surface area contributed by atoms with Crippen LogP contribution in [0.3, 0.4) is 0 Å². The first-order valence-corrected chi connectivity index (χ1v) is 11.2. The van der Waals surface area contributed by atoms with Gasteiger partial charge >= 0.3 is 6.18 Å². The predicted octanol–water partition coefficient (Wildman–Crippen LogP) is 3.75. The second kappa shape index (κ2) is 8.96. The lowest BCUT2D eigenvalue weighted by Crippen LogP contribution is -2.62. The quantitative estimate of drug-likeness (QED) is 0.675. The van der Waals surface area contributed by atoms with E-state index in [4.69, 9.17) is 0 Å². The van der Waals surface area contributed by atoms with Crippen molar-refractivity contribution in [2.75, 3.05) is 19.6 Å². The van der Waals surface area contributed by atoms with Crippen molar-refractivity contribution in [2.24, 2.45) is 0 Å². The van der Waals surface area contributed by atoms with Crippen molar-refractivity contribution in [3.8, 4) is 0 Å². The minimum Gasteiger partial charge on any atom is -0.350 e. The van der Waals surface area contributed by atoms with Gasteiger partial charge in [0.15, 0.2) is 0 Å². The van der Waals surface area contributed by atoms with E-state index in [1.165, 1.54) is 12.1 Å². The van der Waals surface area contributed by atoms with Crippen molar-refractivity contribution >= 4 is 22.7 Å². The summed E-state index contributed by atoms with van der Waals surface area (Å²) in [6, 6.07) is 2.38. The highest BCUT2D eigenvalue weighted by atomic mass is 19.4. The summed E-state index contributed by atoms with van der Waals surface area (Å²) >= 11 is 0. The highest BCUT2D eigenvalue weighted by Crippen LogP contribution is 2.32. The van der Waals surface area contributed by atoms with Crippen LogP contribution in [0.5, 0.6) is 0 Å². The van der Waals surface area contributed by atoms with Crippen LogP contribution in [0.15, 0.2) is 18.2 Å². The lowest BCUT2D eigenvalue weighted by molar-refractivity contribution is -0.202. The molecular formula is C23H28F4N4O2. The van der Waals surface area contributed by atoms with Crippen molar-refractivity contribution in [3.05, 3.63) is 35.3 Å². The maximum atomic E-state index is 14.1. The van der Waals surface area contributed by atoms with Crippen molar-refractivity contribution < 1.29 is 27.2 Å². The van der Waals surface area contributed by atoms with Gasteiger partial charge in [0.1, 0.15) is 17.6 Å². The lowest BCUT2D eigenvalue weighted by Gasteiger charge is -2.46. The first kappa shape index (κ1) is 23.5. The maximum Gasteiger partial charge on any atom is 0.410 e. The van der Waals surface area contributed by atoms with Gasteiger partial charge in [0.25, 0.3) is 5.91 Å². The van der Waals surface area contributed by atoms with Crippen LogP contribution in [0.4, 0.5) is 17.6 Å². The molecule has 2 amide bonds. The first-order valence-electron chi connectivity index (χ1n) is 11.2. The van der Waals surface area contributed by atoms with E-state index in [9.17, 15) is 27.2 Å². The fourth-order valence-corrected chi connectivity index (χ4v) is 5.13. The Labute approximate surface area is 189 Å². The largest absolute Gasteiger partial charge is 0.410 e. The molecule has 33 heavy (non-hydrogen) atoms. The number of aryl methyl sites for hydroxylation is 1. The Morgan fingerprint density at radius 1 is 1.18 bits per heavy atom. The Bertz CT molecular complexity index is 1010. The van der Waals surface area contributed by atoms with Gasteiger partial charge in [-0.05, 0) is 50.3 Å². The summed E-state index contributed by atoms with van der Waals surface area (Å²) < 4.78 is 54.8. The fourth-order valence-electron chi connectivity index (χ4n) is 5.13. The molecule has 1 saturated carbocycles. The first-order chi connectivity index (χ1) is 15.5. The maximum absolute atomic E-state index is 14.1. The van der Waals surface area contributed by atoms with Gasteiger partial charge in [-0.3, -0.25) is 14.5 Å². The number of carbonyl (C=O) groups excluding carboxylic acids is 2. The number of halogens is 4. The lowest BCUT2D eigenvalue weighted by atomic mass is 9.89. The van der Waals surface area contributed by atoms with Crippen LogP contribution in [0.1, 0.15) is 48.7 Å². The van der Waals surface area contributed by atoms with Gasteiger partial charge in [0.05, 0.1) is 5.52 Å². The number of rotatable bonds is 3. The molecule has 2 aromatic rings. The zero-order chi connectivity index (χ0) is 23.9. The number of carbonyl (C=O) groups is 2. The smallest absolute Gasteiger partial charge is 0.350 e. The normalized spacial score (nSPS) is 24.8. The number of alkyl halides is 3. The summed E-state index contributed by atoms with van der Waals surface area (Å²) in [7, 11) is 0. The standard InChI is InChI=1S/C23H28F4N4O2/c1-13-6-7-18(24)17-11-19(29-21(13)17)22(33)28-15-4-3-5-16(10-15)30-8-9-31(14(2)32)20(12-30)23(25,26)27/h6-7,11,15-16,20,29H,3-5,8-10,12H2,1-2H3,(H,28,33)/t15-,16-,20-/m1/s1. The molecule has 2 heterocycles. The zero-order valence-corrected chi connectivity index (χ0v) is 18.6. The molecule has 2 fully saturated rings. The fraction of sp³-hybridized carbons (Fsp3) is 0.565. The molecule has 2 N–H and O–H groups in total. The molecule has 0 unspecified atom stereocenters. The van der Waals surface area contributed by atoms with Crippen LogP contribution in [-0.4, -0.2) is 70.5 Å². The van der Waals surface area contributed by atoms with Crippen LogP contribution in [-0.2, 0) is 4.79 Å². The number of hydrogen-bond acceptors (Lipinski definition) is 3. The molecule has 0 radical (unpaired) electrons. The van der Waals surface area contributed by atoms with Crippen molar-refractivity contribution in [1.29, 1.82) is 0 Å². The zero-order valence-electron chi connectivity index (χ0n) is 18.6. The topological polar surface area (TPSA) is 68.4 Å². The van der Waals surface area contributed by atoms with E-state index in [2.05, 4.69) is 10.3 Å². The summed E-state index contributed by atoms with van der Waals surface area (Å²) in [6.45, 7) is 3.14. The summed E-state index contributed by atoms with van der Waals surface area (Å²) in [5, 5.41) is 3.32. The van der Waals surface area contributed by atoms with Gasteiger partial charge in [-0.2, -0.15) is 13.2 Å². The highest BCUT2D eigenvalue weighted by Gasteiger charge is 2.48. The van der Waals surface area contributed by atoms with Crippen LogP contribution < -0.4 is 5.32 Å². The van der Waals surface area contributed by atoms with E-state index in [0.29, 0.717) is 23.9 Å². The third-order valence-electron chi connectivity index (χ3n) is 6.89. The van der Waals surface area contributed by atoms with E-state index in [-0.39, 0.29) is 36.8 Å². The number of aromatic amines is 1. The number of hydrogen-bond donors (Lipinski definition) is 2. The molecule has 1 aromatic carbocycles. The van der Waals surface area contributed by atoms with Crippen LogP contribution >= 0.6 is 0 Å². The van der Waals surface area contributed by atoms with Gasteiger partial charge in [-0.1, -0.05) is 6.07 Å². The molecule has 180 valence electrons. The second-order valence-corrected chi connectivity index (χ2v) is 9.09. The van der Waals surface area contributed by atoms with Gasteiger partial charge in [0, 0.05) is 44.0 Å². The number of nitrogens with one attached hydrogen (secondary N) is 2. The van der Waals surface area contributed by atoms with E-state index < -0.39 is 23.9 Å². The Balaban J connectivity index is 1.42. The molecule has 1 aliphatic carbocycles. The molecule has 4 rings (SSSR count). The summed E-state index contributed by atoms with van der Waals surface area (Å²) in [6.07, 6.45) is -1.71. The van der Waals surface area contributed by atoms with Crippen molar-refractivity contribution in [3.63, 3.8) is 0 Å². The Hall–Kier alpha value is -2.62.